The SMILES string of the molecule is COc1ccccc1CCC(=O)OCC(=O)NCC(F)(F)F. The molecule has 0 saturated heterocycles. The summed E-state index contributed by atoms with van der Waals surface area (Å²) in [6.45, 7) is -2.19. The predicted molar refractivity (Wildman–Crippen MR) is 71.3 cm³/mol. The molecule has 0 unspecified atom stereocenters. The van der Waals surface area contributed by atoms with Crippen molar-refractivity contribution >= 4 is 11.9 Å². The second kappa shape index (κ2) is 8.26. The maximum atomic E-state index is 11.9. The number of halogens is 3. The van der Waals surface area contributed by atoms with Crippen molar-refractivity contribution in [3.8, 4) is 5.75 Å². The molecule has 0 aliphatic rings. The number of benzene rings is 1. The van der Waals surface area contributed by atoms with Gasteiger partial charge in [-0.3, -0.25) is 9.59 Å². The number of methoxy groups -OCH3 is 1. The number of carbonyl (C=O) groups excluding carboxylic acids is 2. The van der Waals surface area contributed by atoms with Gasteiger partial charge in [0.05, 0.1) is 7.11 Å². The van der Waals surface area contributed by atoms with Crippen LogP contribution in [0.25, 0.3) is 0 Å². The van der Waals surface area contributed by atoms with E-state index in [1.165, 1.54) is 7.11 Å². The molecule has 0 fully saturated rings. The van der Waals surface area contributed by atoms with Crippen molar-refractivity contribution in [3.63, 3.8) is 0 Å². The van der Waals surface area contributed by atoms with Crippen molar-refractivity contribution in [2.24, 2.45) is 0 Å². The van der Waals surface area contributed by atoms with Crippen LogP contribution in [0.2, 0.25) is 0 Å². The normalized spacial score (nSPS) is 10.9. The fourth-order valence-corrected chi connectivity index (χ4v) is 1.61. The van der Waals surface area contributed by atoms with Crippen LogP contribution in [0.4, 0.5) is 13.2 Å². The van der Waals surface area contributed by atoms with Crippen molar-refractivity contribution in [1.29, 1.82) is 0 Å². The number of hydrogen-bond donors (Lipinski definition) is 1. The zero-order valence-corrected chi connectivity index (χ0v) is 11.9. The lowest BCUT2D eigenvalue weighted by Gasteiger charge is -2.09. The molecule has 0 spiro atoms. The maximum absolute atomic E-state index is 11.9. The predicted octanol–water partition coefficient (Wildman–Crippen LogP) is 1.85. The average Bonchev–Trinajstić information content (AvgIpc) is 2.48. The van der Waals surface area contributed by atoms with Gasteiger partial charge in [0, 0.05) is 6.42 Å². The van der Waals surface area contributed by atoms with E-state index in [4.69, 9.17) is 4.74 Å². The number of ether oxygens (including phenoxy) is 2. The van der Waals surface area contributed by atoms with Gasteiger partial charge < -0.3 is 14.8 Å². The second-order valence-corrected chi connectivity index (χ2v) is 4.36. The molecule has 0 atom stereocenters. The zero-order chi connectivity index (χ0) is 16.6. The molecule has 1 N–H and O–H groups in total. The lowest BCUT2D eigenvalue weighted by atomic mass is 10.1. The van der Waals surface area contributed by atoms with Crippen LogP contribution >= 0.6 is 0 Å². The van der Waals surface area contributed by atoms with Gasteiger partial charge in [0.1, 0.15) is 12.3 Å². The molecule has 1 aromatic rings. The van der Waals surface area contributed by atoms with Gasteiger partial charge in [-0.15, -0.1) is 0 Å². The van der Waals surface area contributed by atoms with Crippen LogP contribution in [-0.2, 0) is 20.7 Å². The average molecular weight is 319 g/mol. The Bertz CT molecular complexity index is 517. The van der Waals surface area contributed by atoms with Crippen LogP contribution in [0, 0.1) is 0 Å². The highest BCUT2D eigenvalue weighted by Crippen LogP contribution is 2.18. The van der Waals surface area contributed by atoms with Crippen LogP contribution in [0.15, 0.2) is 24.3 Å². The lowest BCUT2D eigenvalue weighted by molar-refractivity contribution is -0.151. The fourth-order valence-electron chi connectivity index (χ4n) is 1.61. The minimum atomic E-state index is -4.50. The van der Waals surface area contributed by atoms with E-state index in [1.54, 1.807) is 29.6 Å². The van der Waals surface area contributed by atoms with Crippen LogP contribution in [-0.4, -0.2) is 38.3 Å². The zero-order valence-electron chi connectivity index (χ0n) is 11.9. The minimum absolute atomic E-state index is 0.00702. The Morgan fingerprint density at radius 2 is 1.91 bits per heavy atom. The molecule has 0 radical (unpaired) electrons. The number of esters is 1. The molecule has 0 saturated carbocycles. The van der Waals surface area contributed by atoms with Gasteiger partial charge in [0.25, 0.3) is 5.91 Å². The number of alkyl halides is 3. The molecule has 0 bridgehead atoms. The number of aryl methyl sites for hydroxylation is 1. The summed E-state index contributed by atoms with van der Waals surface area (Å²) in [6, 6.07) is 7.09. The van der Waals surface area contributed by atoms with Crippen molar-refractivity contribution in [3.05, 3.63) is 29.8 Å². The van der Waals surface area contributed by atoms with E-state index < -0.39 is 31.2 Å². The molecule has 122 valence electrons. The fraction of sp³-hybridized carbons (Fsp3) is 0.429. The van der Waals surface area contributed by atoms with Crippen molar-refractivity contribution in [2.75, 3.05) is 20.3 Å². The van der Waals surface area contributed by atoms with E-state index >= 15 is 0 Å². The van der Waals surface area contributed by atoms with Gasteiger partial charge >= 0.3 is 12.1 Å². The summed E-state index contributed by atoms with van der Waals surface area (Å²) in [5, 5.41) is 1.61. The van der Waals surface area contributed by atoms with Crippen molar-refractivity contribution in [1.82, 2.24) is 5.32 Å². The molecular weight excluding hydrogens is 303 g/mol. The first-order chi connectivity index (χ1) is 10.3. The molecule has 0 aliphatic heterocycles. The molecule has 0 aliphatic carbocycles. The topological polar surface area (TPSA) is 64.6 Å². The van der Waals surface area contributed by atoms with Crippen molar-refractivity contribution in [2.45, 2.75) is 19.0 Å². The summed E-state index contributed by atoms with van der Waals surface area (Å²) >= 11 is 0. The Balaban J connectivity index is 2.30. The Kier molecular flexibility index (Phi) is 6.68. The summed E-state index contributed by atoms with van der Waals surface area (Å²) in [6.07, 6.45) is -4.16. The molecular formula is C14H16F3NO4. The molecule has 22 heavy (non-hydrogen) atoms. The van der Waals surface area contributed by atoms with Gasteiger partial charge in [0.2, 0.25) is 0 Å². The number of carbonyl (C=O) groups is 2. The molecule has 1 aromatic carbocycles. The van der Waals surface area contributed by atoms with E-state index in [-0.39, 0.29) is 6.42 Å². The van der Waals surface area contributed by atoms with E-state index in [2.05, 4.69) is 4.74 Å². The van der Waals surface area contributed by atoms with Gasteiger partial charge in [-0.1, -0.05) is 18.2 Å². The summed E-state index contributed by atoms with van der Waals surface area (Å²) in [4.78, 5) is 22.5. The highest BCUT2D eigenvalue weighted by atomic mass is 19.4. The first-order valence-electron chi connectivity index (χ1n) is 6.43. The largest absolute Gasteiger partial charge is 0.496 e. The molecule has 0 heterocycles. The van der Waals surface area contributed by atoms with Crippen molar-refractivity contribution < 1.29 is 32.2 Å². The first-order valence-corrected chi connectivity index (χ1v) is 6.43. The van der Waals surface area contributed by atoms with E-state index in [9.17, 15) is 22.8 Å². The Hall–Kier alpha value is -2.25. The summed E-state index contributed by atoms with van der Waals surface area (Å²) in [5.41, 5.74) is 0.795. The first kappa shape index (κ1) is 17.8. The third kappa shape index (κ3) is 6.96. The third-order valence-electron chi connectivity index (χ3n) is 2.64. The Labute approximate surface area is 125 Å². The number of nitrogens with one attached hydrogen (secondary N) is 1. The van der Waals surface area contributed by atoms with E-state index in [0.717, 1.165) is 5.56 Å². The van der Waals surface area contributed by atoms with Crippen LogP contribution < -0.4 is 10.1 Å². The number of rotatable bonds is 7. The Morgan fingerprint density at radius 3 is 2.55 bits per heavy atom. The summed E-state index contributed by atoms with van der Waals surface area (Å²) in [5.74, 6) is -1.05. The second-order valence-electron chi connectivity index (χ2n) is 4.36. The molecule has 5 nitrogen and oxygen atoms in total. The smallest absolute Gasteiger partial charge is 0.405 e. The highest BCUT2D eigenvalue weighted by Gasteiger charge is 2.27. The highest BCUT2D eigenvalue weighted by molar-refractivity contribution is 5.80. The lowest BCUT2D eigenvalue weighted by Crippen LogP contribution is -2.36. The summed E-state index contributed by atoms with van der Waals surface area (Å²) < 4.78 is 45.3. The van der Waals surface area contributed by atoms with E-state index in [1.807, 2.05) is 0 Å². The van der Waals surface area contributed by atoms with Gasteiger partial charge in [-0.25, -0.2) is 0 Å². The molecule has 0 aromatic heterocycles. The van der Waals surface area contributed by atoms with Gasteiger partial charge in [-0.2, -0.15) is 13.2 Å². The monoisotopic (exact) mass is 319 g/mol. The standard InChI is InChI=1S/C14H16F3NO4/c1-21-11-5-3-2-4-10(11)6-7-13(20)22-8-12(19)18-9-14(15,16)17/h2-5H,6-9H2,1H3,(H,18,19). The summed E-state index contributed by atoms with van der Waals surface area (Å²) in [7, 11) is 1.50. The number of para-hydroxylation sites is 1. The van der Waals surface area contributed by atoms with Gasteiger partial charge in [-0.05, 0) is 18.1 Å². The van der Waals surface area contributed by atoms with Gasteiger partial charge in [0.15, 0.2) is 6.61 Å². The maximum Gasteiger partial charge on any atom is 0.405 e. The third-order valence-corrected chi connectivity index (χ3v) is 2.64. The van der Waals surface area contributed by atoms with E-state index in [0.29, 0.717) is 12.2 Å². The van der Waals surface area contributed by atoms with Crippen LogP contribution in [0.3, 0.4) is 0 Å². The number of amides is 1. The molecule has 8 heteroatoms. The van der Waals surface area contributed by atoms with Crippen LogP contribution in [0.1, 0.15) is 12.0 Å². The molecule has 1 rings (SSSR count). The Morgan fingerprint density at radius 1 is 1.23 bits per heavy atom. The quantitative estimate of drug-likeness (QED) is 0.779. The number of hydrogen-bond acceptors (Lipinski definition) is 4. The minimum Gasteiger partial charge on any atom is -0.496 e. The van der Waals surface area contributed by atoms with Crippen LogP contribution in [0.5, 0.6) is 5.75 Å². The molecule has 1 amide bonds.